The zero-order chi connectivity index (χ0) is 15.3. The lowest BCUT2D eigenvalue weighted by atomic mass is 9.85. The number of rotatable bonds is 6. The van der Waals surface area contributed by atoms with Gasteiger partial charge in [-0.15, -0.1) is 0 Å². The van der Waals surface area contributed by atoms with Crippen LogP contribution in [0.2, 0.25) is 0 Å². The number of ether oxygens (including phenoxy) is 1. The van der Waals surface area contributed by atoms with E-state index in [1.54, 1.807) is 6.26 Å². The molecule has 2 rings (SSSR count). The molecule has 0 saturated heterocycles. The molecule has 0 radical (unpaired) electrons. The number of furan rings is 1. The first-order chi connectivity index (χ1) is 9.98. The van der Waals surface area contributed by atoms with Crippen molar-refractivity contribution < 1.29 is 9.15 Å². The molecule has 3 nitrogen and oxygen atoms in total. The Bertz CT molecular complexity index is 419. The average molecular weight is 293 g/mol. The van der Waals surface area contributed by atoms with Gasteiger partial charge in [-0.3, -0.25) is 0 Å². The lowest BCUT2D eigenvalue weighted by molar-refractivity contribution is 0.00115. The lowest BCUT2D eigenvalue weighted by Gasteiger charge is -2.28. The van der Waals surface area contributed by atoms with Gasteiger partial charge in [0.2, 0.25) is 0 Å². The molecule has 2 unspecified atom stereocenters. The highest BCUT2D eigenvalue weighted by Crippen LogP contribution is 2.29. The van der Waals surface area contributed by atoms with E-state index in [1.807, 2.05) is 6.07 Å². The summed E-state index contributed by atoms with van der Waals surface area (Å²) >= 11 is 0. The number of hydrogen-bond donors (Lipinski definition) is 1. The van der Waals surface area contributed by atoms with Crippen LogP contribution in [0.25, 0.3) is 0 Å². The Morgan fingerprint density at radius 2 is 2.14 bits per heavy atom. The molecule has 120 valence electrons. The van der Waals surface area contributed by atoms with Crippen molar-refractivity contribution in [2.24, 2.45) is 5.92 Å². The van der Waals surface area contributed by atoms with Crippen molar-refractivity contribution in [3.8, 4) is 0 Å². The van der Waals surface area contributed by atoms with Gasteiger partial charge in [-0.1, -0.05) is 26.2 Å². The maximum atomic E-state index is 6.14. The summed E-state index contributed by atoms with van der Waals surface area (Å²) < 4.78 is 11.7. The minimum atomic E-state index is 0.0998. The van der Waals surface area contributed by atoms with Crippen LogP contribution in [-0.2, 0) is 17.9 Å². The van der Waals surface area contributed by atoms with Crippen LogP contribution < -0.4 is 5.32 Å². The molecule has 0 spiro atoms. The fraction of sp³-hybridized carbons (Fsp3) is 0.778. The fourth-order valence-corrected chi connectivity index (χ4v) is 2.97. The molecule has 0 amide bonds. The summed E-state index contributed by atoms with van der Waals surface area (Å²) in [6.07, 6.45) is 8.62. The van der Waals surface area contributed by atoms with E-state index in [1.165, 1.54) is 37.7 Å². The number of hydrogen-bond acceptors (Lipinski definition) is 3. The van der Waals surface area contributed by atoms with E-state index in [2.05, 4.69) is 33.0 Å². The van der Waals surface area contributed by atoms with Gasteiger partial charge in [0.1, 0.15) is 5.76 Å². The van der Waals surface area contributed by atoms with Crippen molar-refractivity contribution >= 4 is 0 Å². The van der Waals surface area contributed by atoms with Gasteiger partial charge in [0.15, 0.2) is 0 Å². The minimum Gasteiger partial charge on any atom is -0.468 e. The quantitative estimate of drug-likeness (QED) is 0.828. The largest absolute Gasteiger partial charge is 0.468 e. The molecule has 1 aromatic heterocycles. The zero-order valence-corrected chi connectivity index (χ0v) is 14.1. The molecular weight excluding hydrogens is 262 g/mol. The molecule has 1 aliphatic rings. The summed E-state index contributed by atoms with van der Waals surface area (Å²) in [6, 6.07) is 2.04. The third-order valence-electron chi connectivity index (χ3n) is 4.40. The second-order valence-electron chi connectivity index (χ2n) is 7.35. The Kier molecular flexibility index (Phi) is 5.88. The molecule has 2 atom stereocenters. The molecule has 1 N–H and O–H groups in total. The molecule has 1 fully saturated rings. The summed E-state index contributed by atoms with van der Waals surface area (Å²) in [5.41, 5.74) is 1.29. The normalized spacial score (nSPS) is 23.4. The van der Waals surface area contributed by atoms with Gasteiger partial charge in [0, 0.05) is 11.1 Å². The standard InChI is InChI=1S/C18H31NO2/c1-5-14-7-6-8-16(11-14)21-13-15-9-10-20-17(15)12-19-18(2,3)4/h9-10,14,16,19H,5-8,11-13H2,1-4H3. The smallest absolute Gasteiger partial charge is 0.123 e. The fourth-order valence-electron chi connectivity index (χ4n) is 2.97. The van der Waals surface area contributed by atoms with E-state index in [0.29, 0.717) is 12.7 Å². The third-order valence-corrected chi connectivity index (χ3v) is 4.40. The van der Waals surface area contributed by atoms with E-state index < -0.39 is 0 Å². The Balaban J connectivity index is 1.82. The Morgan fingerprint density at radius 1 is 1.33 bits per heavy atom. The van der Waals surface area contributed by atoms with Crippen LogP contribution in [0, 0.1) is 5.92 Å². The highest BCUT2D eigenvalue weighted by Gasteiger charge is 2.22. The van der Waals surface area contributed by atoms with Crippen LogP contribution in [0.15, 0.2) is 16.7 Å². The van der Waals surface area contributed by atoms with Crippen molar-refractivity contribution in [3.05, 3.63) is 23.7 Å². The molecule has 0 aromatic carbocycles. The molecular formula is C18H31NO2. The van der Waals surface area contributed by atoms with E-state index >= 15 is 0 Å². The highest BCUT2D eigenvalue weighted by molar-refractivity contribution is 5.16. The van der Waals surface area contributed by atoms with Gasteiger partial charge < -0.3 is 14.5 Å². The third kappa shape index (κ3) is 5.48. The molecule has 1 saturated carbocycles. The molecule has 0 bridgehead atoms. The van der Waals surface area contributed by atoms with E-state index in [4.69, 9.17) is 9.15 Å². The van der Waals surface area contributed by atoms with E-state index in [0.717, 1.165) is 18.2 Å². The maximum Gasteiger partial charge on any atom is 0.123 e. The van der Waals surface area contributed by atoms with Crippen molar-refractivity contribution in [1.29, 1.82) is 0 Å². The summed E-state index contributed by atoms with van der Waals surface area (Å²) in [4.78, 5) is 0. The van der Waals surface area contributed by atoms with Gasteiger partial charge in [0.05, 0.1) is 25.5 Å². The van der Waals surface area contributed by atoms with Gasteiger partial charge in [-0.05, 0) is 45.6 Å². The molecule has 1 aromatic rings. The summed E-state index contributed by atoms with van der Waals surface area (Å²) in [5.74, 6) is 1.86. The van der Waals surface area contributed by atoms with Crippen molar-refractivity contribution in [3.63, 3.8) is 0 Å². The lowest BCUT2D eigenvalue weighted by Crippen LogP contribution is -2.35. The molecule has 21 heavy (non-hydrogen) atoms. The Labute approximate surface area is 129 Å². The highest BCUT2D eigenvalue weighted by atomic mass is 16.5. The molecule has 1 aliphatic carbocycles. The topological polar surface area (TPSA) is 34.4 Å². The Hall–Kier alpha value is -0.800. The molecule has 0 aliphatic heterocycles. The first-order valence-electron chi connectivity index (χ1n) is 8.40. The van der Waals surface area contributed by atoms with Crippen LogP contribution in [-0.4, -0.2) is 11.6 Å². The predicted molar refractivity (Wildman–Crippen MR) is 86.1 cm³/mol. The van der Waals surface area contributed by atoms with Gasteiger partial charge in [0.25, 0.3) is 0 Å². The van der Waals surface area contributed by atoms with Gasteiger partial charge in [-0.2, -0.15) is 0 Å². The van der Waals surface area contributed by atoms with E-state index in [-0.39, 0.29) is 5.54 Å². The first-order valence-corrected chi connectivity index (χ1v) is 8.40. The van der Waals surface area contributed by atoms with Crippen molar-refractivity contribution in [2.45, 2.75) is 84.6 Å². The summed E-state index contributed by atoms with van der Waals surface area (Å²) in [6.45, 7) is 10.2. The van der Waals surface area contributed by atoms with Gasteiger partial charge >= 0.3 is 0 Å². The van der Waals surface area contributed by atoms with Gasteiger partial charge in [-0.25, -0.2) is 0 Å². The number of nitrogens with one attached hydrogen (secondary N) is 1. The van der Waals surface area contributed by atoms with E-state index in [9.17, 15) is 0 Å². The average Bonchev–Trinajstić information content (AvgIpc) is 2.90. The second kappa shape index (κ2) is 7.46. The van der Waals surface area contributed by atoms with Crippen LogP contribution in [0.4, 0.5) is 0 Å². The first kappa shape index (κ1) is 16.6. The monoisotopic (exact) mass is 293 g/mol. The summed E-state index contributed by atoms with van der Waals surface area (Å²) in [5, 5.41) is 3.47. The minimum absolute atomic E-state index is 0.0998. The second-order valence-corrected chi connectivity index (χ2v) is 7.35. The van der Waals surface area contributed by atoms with Crippen LogP contribution in [0.5, 0.6) is 0 Å². The molecule has 1 heterocycles. The van der Waals surface area contributed by atoms with Crippen molar-refractivity contribution in [1.82, 2.24) is 5.32 Å². The van der Waals surface area contributed by atoms with Crippen LogP contribution in [0.3, 0.4) is 0 Å². The molecule has 3 heteroatoms. The predicted octanol–water partition coefficient (Wildman–Crippen LogP) is 4.65. The maximum absolute atomic E-state index is 6.14. The van der Waals surface area contributed by atoms with Crippen LogP contribution >= 0.6 is 0 Å². The Morgan fingerprint density at radius 3 is 2.86 bits per heavy atom. The SMILES string of the molecule is CCC1CCCC(OCc2ccoc2CNC(C)(C)C)C1. The zero-order valence-electron chi connectivity index (χ0n) is 14.1. The van der Waals surface area contributed by atoms with Crippen molar-refractivity contribution in [2.75, 3.05) is 0 Å². The van der Waals surface area contributed by atoms with Crippen LogP contribution in [0.1, 0.15) is 71.1 Å². The summed E-state index contributed by atoms with van der Waals surface area (Å²) in [7, 11) is 0.